The van der Waals surface area contributed by atoms with E-state index in [9.17, 15) is 0 Å². The fourth-order valence-electron chi connectivity index (χ4n) is 1.86. The monoisotopic (exact) mass is 350 g/mol. The van der Waals surface area contributed by atoms with E-state index in [4.69, 9.17) is 4.74 Å². The Kier molecular flexibility index (Phi) is 2.95. The van der Waals surface area contributed by atoms with E-state index >= 15 is 0 Å². The van der Waals surface area contributed by atoms with Gasteiger partial charge in [0.1, 0.15) is 11.6 Å². The van der Waals surface area contributed by atoms with Gasteiger partial charge in [0.15, 0.2) is 0 Å². The van der Waals surface area contributed by atoms with Crippen molar-refractivity contribution >= 4 is 33.6 Å². The maximum atomic E-state index is 5.20. The fraction of sp³-hybridized carbons (Fsp3) is 0.0714. The molecule has 0 saturated heterocycles. The molecule has 0 aliphatic rings. The number of aromatic amines is 1. The Balaban J connectivity index is 2.10. The van der Waals surface area contributed by atoms with E-state index in [1.54, 1.807) is 7.11 Å². The highest BCUT2D eigenvalue weighted by atomic mass is 127. The van der Waals surface area contributed by atoms with Crippen molar-refractivity contribution in [3.63, 3.8) is 0 Å². The van der Waals surface area contributed by atoms with Gasteiger partial charge in [0.25, 0.3) is 0 Å². The highest BCUT2D eigenvalue weighted by Crippen LogP contribution is 2.24. The summed E-state index contributed by atoms with van der Waals surface area (Å²) in [6.07, 6.45) is 0. The predicted molar refractivity (Wildman–Crippen MR) is 80.8 cm³/mol. The molecule has 0 aliphatic heterocycles. The van der Waals surface area contributed by atoms with Crippen molar-refractivity contribution in [2.75, 3.05) is 7.11 Å². The van der Waals surface area contributed by atoms with Crippen molar-refractivity contribution in [1.82, 2.24) is 9.97 Å². The summed E-state index contributed by atoms with van der Waals surface area (Å²) in [5.74, 6) is 1.72. The quantitative estimate of drug-likeness (QED) is 0.713. The van der Waals surface area contributed by atoms with Crippen LogP contribution in [-0.2, 0) is 0 Å². The summed E-state index contributed by atoms with van der Waals surface area (Å²) in [5, 5.41) is 0. The zero-order valence-corrected chi connectivity index (χ0v) is 11.9. The van der Waals surface area contributed by atoms with E-state index in [0.29, 0.717) is 0 Å². The summed E-state index contributed by atoms with van der Waals surface area (Å²) in [4.78, 5) is 7.89. The van der Waals surface area contributed by atoms with Crippen molar-refractivity contribution in [2.24, 2.45) is 0 Å². The van der Waals surface area contributed by atoms with E-state index in [-0.39, 0.29) is 0 Å². The average molecular weight is 350 g/mol. The molecule has 3 nitrogen and oxygen atoms in total. The summed E-state index contributed by atoms with van der Waals surface area (Å²) < 4.78 is 6.42. The van der Waals surface area contributed by atoms with Crippen molar-refractivity contribution < 1.29 is 4.74 Å². The molecule has 18 heavy (non-hydrogen) atoms. The van der Waals surface area contributed by atoms with Crippen LogP contribution in [-0.4, -0.2) is 17.1 Å². The summed E-state index contributed by atoms with van der Waals surface area (Å²) in [6.45, 7) is 0. The molecule has 0 saturated carbocycles. The molecule has 90 valence electrons. The van der Waals surface area contributed by atoms with Gasteiger partial charge in [-0.2, -0.15) is 0 Å². The number of hydrogen-bond donors (Lipinski definition) is 1. The number of H-pyrrole nitrogens is 1. The molecule has 0 spiro atoms. The van der Waals surface area contributed by atoms with Crippen LogP contribution in [0.5, 0.6) is 5.75 Å². The van der Waals surface area contributed by atoms with Crippen LogP contribution < -0.4 is 4.74 Å². The summed E-state index contributed by atoms with van der Waals surface area (Å²) in [5.41, 5.74) is 3.03. The van der Waals surface area contributed by atoms with Gasteiger partial charge < -0.3 is 9.72 Å². The average Bonchev–Trinajstić information content (AvgIpc) is 2.82. The Morgan fingerprint density at radius 2 is 1.89 bits per heavy atom. The summed E-state index contributed by atoms with van der Waals surface area (Å²) in [7, 11) is 1.66. The van der Waals surface area contributed by atoms with E-state index in [1.807, 2.05) is 18.2 Å². The van der Waals surface area contributed by atoms with Crippen LogP contribution >= 0.6 is 22.6 Å². The summed E-state index contributed by atoms with van der Waals surface area (Å²) in [6, 6.07) is 14.1. The third-order valence-electron chi connectivity index (χ3n) is 2.81. The Labute approximate surface area is 118 Å². The Morgan fingerprint density at radius 3 is 2.61 bits per heavy atom. The molecule has 0 bridgehead atoms. The number of methoxy groups -OCH3 is 1. The minimum Gasteiger partial charge on any atom is -0.497 e. The minimum absolute atomic E-state index is 0.834. The number of fused-ring (bicyclic) bond motifs is 1. The molecule has 3 aromatic rings. The molecular formula is C14H11IN2O. The molecule has 4 heteroatoms. The molecule has 0 fully saturated rings. The molecule has 1 aromatic heterocycles. The van der Waals surface area contributed by atoms with Crippen LogP contribution in [0.2, 0.25) is 0 Å². The van der Waals surface area contributed by atoms with Gasteiger partial charge >= 0.3 is 0 Å². The van der Waals surface area contributed by atoms with Crippen molar-refractivity contribution in [2.45, 2.75) is 0 Å². The number of benzene rings is 2. The first kappa shape index (κ1) is 11.5. The standard InChI is InChI=1S/C14H11IN2O/c1-18-11-6-7-12-13(8-11)17-14(16-12)9-2-4-10(15)5-3-9/h2-8H,1H3,(H,16,17). The largest absolute Gasteiger partial charge is 0.497 e. The van der Waals surface area contributed by atoms with Crippen LogP contribution in [0, 0.1) is 3.57 Å². The lowest BCUT2D eigenvalue weighted by molar-refractivity contribution is 0.415. The molecule has 1 heterocycles. The van der Waals surface area contributed by atoms with Gasteiger partial charge in [0, 0.05) is 15.2 Å². The first-order chi connectivity index (χ1) is 8.76. The SMILES string of the molecule is COc1ccc2nc(-c3ccc(I)cc3)[nH]c2c1. The molecule has 3 rings (SSSR count). The van der Waals surface area contributed by atoms with Gasteiger partial charge in [-0.25, -0.2) is 4.98 Å². The number of halogens is 1. The van der Waals surface area contributed by atoms with Gasteiger partial charge in [-0.3, -0.25) is 0 Å². The lowest BCUT2D eigenvalue weighted by Gasteiger charge is -1.97. The maximum Gasteiger partial charge on any atom is 0.138 e. The number of imidazole rings is 1. The van der Waals surface area contributed by atoms with Crippen molar-refractivity contribution in [3.8, 4) is 17.1 Å². The number of ether oxygens (including phenoxy) is 1. The third-order valence-corrected chi connectivity index (χ3v) is 3.53. The minimum atomic E-state index is 0.834. The lowest BCUT2D eigenvalue weighted by Crippen LogP contribution is -1.81. The smallest absolute Gasteiger partial charge is 0.138 e. The molecular weight excluding hydrogens is 339 g/mol. The molecule has 2 aromatic carbocycles. The second-order valence-electron chi connectivity index (χ2n) is 3.98. The van der Waals surface area contributed by atoms with Gasteiger partial charge in [-0.1, -0.05) is 12.1 Å². The zero-order valence-electron chi connectivity index (χ0n) is 9.77. The number of nitrogens with zero attached hydrogens (tertiary/aromatic N) is 1. The second-order valence-corrected chi connectivity index (χ2v) is 5.22. The Morgan fingerprint density at radius 1 is 1.11 bits per heavy atom. The van der Waals surface area contributed by atoms with Gasteiger partial charge in [-0.15, -0.1) is 0 Å². The van der Waals surface area contributed by atoms with Gasteiger partial charge in [-0.05, 0) is 46.9 Å². The summed E-state index contributed by atoms with van der Waals surface area (Å²) >= 11 is 2.29. The van der Waals surface area contributed by atoms with E-state index in [0.717, 1.165) is 28.2 Å². The maximum absolute atomic E-state index is 5.20. The lowest BCUT2D eigenvalue weighted by atomic mass is 10.2. The van der Waals surface area contributed by atoms with E-state index in [2.05, 4.69) is 56.8 Å². The highest BCUT2D eigenvalue weighted by molar-refractivity contribution is 14.1. The van der Waals surface area contributed by atoms with Crippen LogP contribution in [0.15, 0.2) is 42.5 Å². The normalized spacial score (nSPS) is 10.8. The second kappa shape index (κ2) is 4.61. The Bertz CT molecular complexity index is 689. The topological polar surface area (TPSA) is 37.9 Å². The zero-order chi connectivity index (χ0) is 12.5. The van der Waals surface area contributed by atoms with Crippen LogP contribution in [0.1, 0.15) is 0 Å². The fourth-order valence-corrected chi connectivity index (χ4v) is 2.22. The number of hydrogen-bond acceptors (Lipinski definition) is 2. The van der Waals surface area contributed by atoms with Gasteiger partial charge in [0.05, 0.1) is 18.1 Å². The third kappa shape index (κ3) is 2.08. The van der Waals surface area contributed by atoms with E-state index in [1.165, 1.54) is 3.57 Å². The van der Waals surface area contributed by atoms with Crippen LogP contribution in [0.4, 0.5) is 0 Å². The molecule has 0 unspecified atom stereocenters. The number of rotatable bonds is 2. The molecule has 0 atom stereocenters. The highest BCUT2D eigenvalue weighted by Gasteiger charge is 2.05. The molecule has 1 N–H and O–H groups in total. The van der Waals surface area contributed by atoms with Crippen molar-refractivity contribution in [3.05, 3.63) is 46.0 Å². The number of nitrogens with one attached hydrogen (secondary N) is 1. The molecule has 0 amide bonds. The van der Waals surface area contributed by atoms with Crippen LogP contribution in [0.25, 0.3) is 22.4 Å². The number of aromatic nitrogens is 2. The van der Waals surface area contributed by atoms with Gasteiger partial charge in [0.2, 0.25) is 0 Å². The Hall–Kier alpha value is -1.56. The molecule has 0 radical (unpaired) electrons. The van der Waals surface area contributed by atoms with E-state index < -0.39 is 0 Å². The predicted octanol–water partition coefficient (Wildman–Crippen LogP) is 3.84. The first-order valence-corrected chi connectivity index (χ1v) is 6.64. The molecule has 0 aliphatic carbocycles. The van der Waals surface area contributed by atoms with Crippen molar-refractivity contribution in [1.29, 1.82) is 0 Å². The first-order valence-electron chi connectivity index (χ1n) is 5.56. The van der Waals surface area contributed by atoms with Crippen LogP contribution in [0.3, 0.4) is 0 Å².